The molecule has 0 saturated carbocycles. The summed E-state index contributed by atoms with van der Waals surface area (Å²) in [7, 11) is 1.56. The second-order valence-corrected chi connectivity index (χ2v) is 5.07. The predicted molar refractivity (Wildman–Crippen MR) is 67.5 cm³/mol. The molecule has 1 aliphatic heterocycles. The molecule has 4 heteroatoms. The maximum atomic E-state index is 11.8. The largest absolute Gasteiger partial charge is 0.303 e. The monoisotopic (exact) mass is 240 g/mol. The van der Waals surface area contributed by atoms with E-state index in [4.69, 9.17) is 0 Å². The maximum Gasteiger partial charge on any atom is 0.246 e. The molecular weight excluding hydrogens is 216 g/mol. The van der Waals surface area contributed by atoms with E-state index in [9.17, 15) is 9.59 Å². The fourth-order valence-electron chi connectivity index (χ4n) is 2.18. The number of amides is 2. The van der Waals surface area contributed by atoms with Crippen molar-refractivity contribution in [1.29, 1.82) is 0 Å². The van der Waals surface area contributed by atoms with Crippen LogP contribution in [-0.4, -0.2) is 35.8 Å². The zero-order valence-electron chi connectivity index (χ0n) is 11.3. The van der Waals surface area contributed by atoms with Crippen LogP contribution in [0.2, 0.25) is 0 Å². The SMILES string of the molecule is CCC(C)CC(CC)NC1CC(=O)N(C)C1=O. The number of likely N-dealkylation sites (N-methyl/N-ethyl adjacent to an activating group) is 1. The average Bonchev–Trinajstić information content (AvgIpc) is 2.55. The Labute approximate surface area is 104 Å². The molecule has 4 nitrogen and oxygen atoms in total. The van der Waals surface area contributed by atoms with Gasteiger partial charge in [-0.15, -0.1) is 0 Å². The molecule has 0 aromatic rings. The Balaban J connectivity index is 2.52. The number of rotatable bonds is 6. The summed E-state index contributed by atoms with van der Waals surface area (Å²) in [5.41, 5.74) is 0. The number of carbonyl (C=O) groups excluding carboxylic acids is 2. The first-order valence-electron chi connectivity index (χ1n) is 6.56. The number of likely N-dealkylation sites (tertiary alicyclic amines) is 1. The molecule has 1 rings (SSSR count). The van der Waals surface area contributed by atoms with Crippen LogP contribution >= 0.6 is 0 Å². The van der Waals surface area contributed by atoms with Crippen molar-refractivity contribution in [1.82, 2.24) is 10.2 Å². The number of hydrogen-bond acceptors (Lipinski definition) is 3. The van der Waals surface area contributed by atoms with E-state index in [2.05, 4.69) is 26.1 Å². The van der Waals surface area contributed by atoms with Gasteiger partial charge in [-0.05, 0) is 18.8 Å². The fourth-order valence-corrected chi connectivity index (χ4v) is 2.18. The van der Waals surface area contributed by atoms with Crippen LogP contribution in [0.4, 0.5) is 0 Å². The van der Waals surface area contributed by atoms with Crippen LogP contribution in [0.25, 0.3) is 0 Å². The Morgan fingerprint density at radius 2 is 2.00 bits per heavy atom. The Morgan fingerprint density at radius 3 is 2.41 bits per heavy atom. The van der Waals surface area contributed by atoms with Crippen molar-refractivity contribution in [3.8, 4) is 0 Å². The van der Waals surface area contributed by atoms with Gasteiger partial charge in [0.1, 0.15) is 0 Å². The molecule has 1 heterocycles. The van der Waals surface area contributed by atoms with Crippen LogP contribution in [0, 0.1) is 5.92 Å². The van der Waals surface area contributed by atoms with Gasteiger partial charge in [0.15, 0.2) is 0 Å². The molecule has 0 aromatic heterocycles. The van der Waals surface area contributed by atoms with E-state index >= 15 is 0 Å². The number of imide groups is 1. The first kappa shape index (κ1) is 14.2. The molecule has 98 valence electrons. The van der Waals surface area contributed by atoms with Crippen molar-refractivity contribution in [3.63, 3.8) is 0 Å². The fraction of sp³-hybridized carbons (Fsp3) is 0.846. The second-order valence-electron chi connectivity index (χ2n) is 5.07. The zero-order chi connectivity index (χ0) is 13.0. The van der Waals surface area contributed by atoms with E-state index in [1.165, 1.54) is 4.90 Å². The van der Waals surface area contributed by atoms with Crippen molar-refractivity contribution < 1.29 is 9.59 Å². The molecule has 0 aliphatic carbocycles. The maximum absolute atomic E-state index is 11.8. The highest BCUT2D eigenvalue weighted by atomic mass is 16.2. The highest BCUT2D eigenvalue weighted by Crippen LogP contribution is 2.16. The van der Waals surface area contributed by atoms with E-state index in [0.717, 1.165) is 19.3 Å². The van der Waals surface area contributed by atoms with Gasteiger partial charge in [0.25, 0.3) is 0 Å². The summed E-state index contributed by atoms with van der Waals surface area (Å²) in [5, 5.41) is 3.33. The molecule has 3 unspecified atom stereocenters. The van der Waals surface area contributed by atoms with Gasteiger partial charge in [-0.1, -0.05) is 27.2 Å². The Kier molecular flexibility index (Phi) is 5.12. The van der Waals surface area contributed by atoms with Gasteiger partial charge in [-0.3, -0.25) is 14.5 Å². The lowest BCUT2D eigenvalue weighted by Gasteiger charge is -2.23. The first-order chi connectivity index (χ1) is 7.99. The van der Waals surface area contributed by atoms with Crippen LogP contribution < -0.4 is 5.32 Å². The minimum absolute atomic E-state index is 0.0779. The summed E-state index contributed by atoms with van der Waals surface area (Å²) in [6.07, 6.45) is 3.52. The Morgan fingerprint density at radius 1 is 1.35 bits per heavy atom. The van der Waals surface area contributed by atoms with Crippen molar-refractivity contribution in [2.75, 3.05) is 7.05 Å². The average molecular weight is 240 g/mol. The summed E-state index contributed by atoms with van der Waals surface area (Å²) in [4.78, 5) is 24.4. The van der Waals surface area contributed by atoms with Gasteiger partial charge in [0, 0.05) is 13.1 Å². The molecule has 1 saturated heterocycles. The topological polar surface area (TPSA) is 49.4 Å². The van der Waals surface area contributed by atoms with Gasteiger partial charge < -0.3 is 5.32 Å². The van der Waals surface area contributed by atoms with Gasteiger partial charge in [-0.25, -0.2) is 0 Å². The number of hydrogen-bond donors (Lipinski definition) is 1. The quantitative estimate of drug-likeness (QED) is 0.717. The number of nitrogens with one attached hydrogen (secondary N) is 1. The highest BCUT2D eigenvalue weighted by molar-refractivity contribution is 6.05. The van der Waals surface area contributed by atoms with E-state index in [1.54, 1.807) is 7.05 Å². The second kappa shape index (κ2) is 6.15. The molecule has 0 radical (unpaired) electrons. The van der Waals surface area contributed by atoms with Crippen LogP contribution in [0.15, 0.2) is 0 Å². The molecule has 1 fully saturated rings. The molecule has 1 aliphatic rings. The summed E-state index contributed by atoms with van der Waals surface area (Å²) in [6.45, 7) is 6.51. The molecule has 1 N–H and O–H groups in total. The Bertz CT molecular complexity index is 291. The normalized spacial score (nSPS) is 24.2. The third kappa shape index (κ3) is 3.53. The van der Waals surface area contributed by atoms with Crippen LogP contribution in [0.1, 0.15) is 46.5 Å². The van der Waals surface area contributed by atoms with Crippen LogP contribution in [0.3, 0.4) is 0 Å². The van der Waals surface area contributed by atoms with Crippen molar-refractivity contribution >= 4 is 11.8 Å². The van der Waals surface area contributed by atoms with Gasteiger partial charge in [0.2, 0.25) is 11.8 Å². The van der Waals surface area contributed by atoms with E-state index < -0.39 is 0 Å². The lowest BCUT2D eigenvalue weighted by atomic mass is 9.97. The molecule has 2 amide bonds. The zero-order valence-corrected chi connectivity index (χ0v) is 11.3. The minimum atomic E-state index is -0.304. The molecule has 3 atom stereocenters. The standard InChI is InChI=1S/C13H24N2O2/c1-5-9(3)7-10(6-2)14-11-8-12(16)15(4)13(11)17/h9-11,14H,5-8H2,1-4H3. The van der Waals surface area contributed by atoms with E-state index in [1.807, 2.05) is 0 Å². The summed E-state index contributed by atoms with van der Waals surface area (Å²) < 4.78 is 0. The van der Waals surface area contributed by atoms with Crippen molar-refractivity contribution in [2.45, 2.75) is 58.5 Å². The van der Waals surface area contributed by atoms with Gasteiger partial charge in [-0.2, -0.15) is 0 Å². The summed E-state index contributed by atoms with van der Waals surface area (Å²) >= 11 is 0. The van der Waals surface area contributed by atoms with Crippen molar-refractivity contribution in [2.24, 2.45) is 5.92 Å². The van der Waals surface area contributed by atoms with Crippen molar-refractivity contribution in [3.05, 3.63) is 0 Å². The third-order valence-electron chi connectivity index (χ3n) is 3.70. The number of carbonyl (C=O) groups is 2. The van der Waals surface area contributed by atoms with E-state index in [0.29, 0.717) is 18.4 Å². The molecular formula is C13H24N2O2. The van der Waals surface area contributed by atoms with Gasteiger partial charge in [0.05, 0.1) is 12.5 Å². The number of nitrogens with zero attached hydrogens (tertiary/aromatic N) is 1. The first-order valence-corrected chi connectivity index (χ1v) is 6.56. The summed E-state index contributed by atoms with van der Waals surface area (Å²) in [5.74, 6) is 0.487. The third-order valence-corrected chi connectivity index (χ3v) is 3.70. The molecule has 0 aromatic carbocycles. The molecule has 0 spiro atoms. The highest BCUT2D eigenvalue weighted by Gasteiger charge is 2.36. The van der Waals surface area contributed by atoms with E-state index in [-0.39, 0.29) is 17.9 Å². The lowest BCUT2D eigenvalue weighted by molar-refractivity contribution is -0.137. The van der Waals surface area contributed by atoms with Crippen LogP contribution in [0.5, 0.6) is 0 Å². The molecule has 17 heavy (non-hydrogen) atoms. The molecule has 0 bridgehead atoms. The van der Waals surface area contributed by atoms with Gasteiger partial charge >= 0.3 is 0 Å². The predicted octanol–water partition coefficient (Wildman–Crippen LogP) is 1.55. The smallest absolute Gasteiger partial charge is 0.246 e. The lowest BCUT2D eigenvalue weighted by Crippen LogP contribution is -2.43. The minimum Gasteiger partial charge on any atom is -0.303 e. The Hall–Kier alpha value is -0.900. The summed E-state index contributed by atoms with van der Waals surface area (Å²) in [6, 6.07) is 0.0275. The van der Waals surface area contributed by atoms with Crippen LogP contribution in [-0.2, 0) is 9.59 Å².